The van der Waals surface area contributed by atoms with E-state index in [0.717, 1.165) is 16.6 Å². The first-order valence-electron chi connectivity index (χ1n) is 6.87. The van der Waals surface area contributed by atoms with Gasteiger partial charge in [0.15, 0.2) is 0 Å². The van der Waals surface area contributed by atoms with Crippen LogP contribution < -0.4 is 0 Å². The molecule has 0 aliphatic carbocycles. The molecule has 3 rings (SSSR count). The highest BCUT2D eigenvalue weighted by Crippen LogP contribution is 2.24. The summed E-state index contributed by atoms with van der Waals surface area (Å²) in [7, 11) is 0. The average Bonchev–Trinajstić information content (AvgIpc) is 2.90. The van der Waals surface area contributed by atoms with E-state index in [9.17, 15) is 5.11 Å². The second kappa shape index (κ2) is 5.10. The number of aliphatic hydroxyl groups excluding tert-OH is 1. The summed E-state index contributed by atoms with van der Waals surface area (Å²) in [5.41, 5.74) is 3.94. The number of imidazole rings is 1. The van der Waals surface area contributed by atoms with Crippen LogP contribution >= 0.6 is 0 Å². The van der Waals surface area contributed by atoms with Crippen molar-refractivity contribution in [3.8, 4) is 0 Å². The van der Waals surface area contributed by atoms with Crippen LogP contribution in [0.15, 0.2) is 48.5 Å². The molecule has 3 nitrogen and oxygen atoms in total. The van der Waals surface area contributed by atoms with E-state index in [4.69, 9.17) is 0 Å². The number of rotatable bonds is 3. The van der Waals surface area contributed by atoms with Crippen LogP contribution in [0.3, 0.4) is 0 Å². The van der Waals surface area contributed by atoms with Crippen LogP contribution in [-0.4, -0.2) is 15.1 Å². The molecule has 0 unspecified atom stereocenters. The standard InChI is InChI=1S/C17H18N2O/c1-11(2)12-7-9-13(10-8-12)16(20)17-18-14-5-3-4-6-15(14)19-17/h3-11,16,20H,1-2H3,(H,18,19)/t16-/m0/s1. The summed E-state index contributed by atoms with van der Waals surface area (Å²) < 4.78 is 0. The molecule has 3 heteroatoms. The second-order valence-corrected chi connectivity index (χ2v) is 5.36. The molecule has 0 amide bonds. The minimum Gasteiger partial charge on any atom is -0.380 e. The van der Waals surface area contributed by atoms with Crippen molar-refractivity contribution in [2.75, 3.05) is 0 Å². The zero-order valence-electron chi connectivity index (χ0n) is 11.7. The van der Waals surface area contributed by atoms with Crippen LogP contribution in [0.4, 0.5) is 0 Å². The first-order valence-corrected chi connectivity index (χ1v) is 6.87. The molecule has 0 saturated carbocycles. The normalized spacial score (nSPS) is 13.0. The van der Waals surface area contributed by atoms with Gasteiger partial charge < -0.3 is 10.1 Å². The number of fused-ring (bicyclic) bond motifs is 1. The Morgan fingerprint density at radius 2 is 1.60 bits per heavy atom. The highest BCUT2D eigenvalue weighted by Gasteiger charge is 2.14. The molecular weight excluding hydrogens is 248 g/mol. The first kappa shape index (κ1) is 12.9. The Balaban J connectivity index is 1.93. The Labute approximate surface area is 118 Å². The molecule has 0 spiro atoms. The van der Waals surface area contributed by atoms with E-state index in [-0.39, 0.29) is 0 Å². The summed E-state index contributed by atoms with van der Waals surface area (Å²) in [6.45, 7) is 4.31. The highest BCUT2D eigenvalue weighted by atomic mass is 16.3. The Kier molecular flexibility index (Phi) is 3.28. The number of hydrogen-bond acceptors (Lipinski definition) is 2. The number of aromatic nitrogens is 2. The van der Waals surface area contributed by atoms with Crippen molar-refractivity contribution in [3.63, 3.8) is 0 Å². The molecule has 0 bridgehead atoms. The van der Waals surface area contributed by atoms with E-state index >= 15 is 0 Å². The lowest BCUT2D eigenvalue weighted by molar-refractivity contribution is 0.211. The van der Waals surface area contributed by atoms with Gasteiger partial charge in [0, 0.05) is 0 Å². The van der Waals surface area contributed by atoms with Gasteiger partial charge in [-0.15, -0.1) is 0 Å². The van der Waals surface area contributed by atoms with Gasteiger partial charge in [-0.1, -0.05) is 50.2 Å². The first-order chi connectivity index (χ1) is 9.65. The summed E-state index contributed by atoms with van der Waals surface area (Å²) in [6.07, 6.45) is -0.719. The predicted molar refractivity (Wildman–Crippen MR) is 80.7 cm³/mol. The summed E-state index contributed by atoms with van der Waals surface area (Å²) in [4.78, 5) is 7.61. The number of aliphatic hydroxyl groups is 1. The van der Waals surface area contributed by atoms with Gasteiger partial charge in [0.2, 0.25) is 0 Å². The minimum absolute atomic E-state index is 0.493. The van der Waals surface area contributed by atoms with Crippen molar-refractivity contribution in [2.45, 2.75) is 25.9 Å². The third kappa shape index (κ3) is 2.32. The van der Waals surface area contributed by atoms with E-state index in [1.54, 1.807) is 0 Å². The van der Waals surface area contributed by atoms with Gasteiger partial charge >= 0.3 is 0 Å². The maximum absolute atomic E-state index is 10.4. The number of nitrogens with zero attached hydrogens (tertiary/aromatic N) is 1. The molecule has 2 aromatic carbocycles. The van der Waals surface area contributed by atoms with E-state index in [1.807, 2.05) is 36.4 Å². The Morgan fingerprint density at radius 3 is 2.25 bits per heavy atom. The molecule has 0 fully saturated rings. The predicted octanol–water partition coefficient (Wildman–Crippen LogP) is 3.77. The van der Waals surface area contributed by atoms with Crippen molar-refractivity contribution in [1.82, 2.24) is 9.97 Å². The number of para-hydroxylation sites is 2. The number of hydrogen-bond donors (Lipinski definition) is 2. The van der Waals surface area contributed by atoms with Crippen LogP contribution in [0.25, 0.3) is 11.0 Å². The Bertz CT molecular complexity index is 680. The zero-order valence-corrected chi connectivity index (χ0v) is 11.7. The summed E-state index contributed by atoms with van der Waals surface area (Å²) >= 11 is 0. The molecule has 0 aliphatic rings. The van der Waals surface area contributed by atoms with E-state index < -0.39 is 6.10 Å². The number of benzene rings is 2. The van der Waals surface area contributed by atoms with Gasteiger partial charge in [-0.25, -0.2) is 4.98 Å². The summed E-state index contributed by atoms with van der Waals surface area (Å²) in [6, 6.07) is 15.8. The zero-order chi connectivity index (χ0) is 14.1. The fourth-order valence-corrected chi connectivity index (χ4v) is 2.32. The number of H-pyrrole nitrogens is 1. The number of aromatic amines is 1. The number of nitrogens with one attached hydrogen (secondary N) is 1. The Morgan fingerprint density at radius 1 is 0.950 bits per heavy atom. The molecule has 0 aliphatic heterocycles. The molecule has 0 radical (unpaired) electrons. The van der Waals surface area contributed by atoms with Gasteiger partial charge in [-0.3, -0.25) is 0 Å². The fraction of sp³-hybridized carbons (Fsp3) is 0.235. The second-order valence-electron chi connectivity index (χ2n) is 5.36. The lowest BCUT2D eigenvalue weighted by Crippen LogP contribution is -2.02. The van der Waals surface area contributed by atoms with Crippen molar-refractivity contribution < 1.29 is 5.11 Å². The molecule has 2 N–H and O–H groups in total. The summed E-state index contributed by atoms with van der Waals surface area (Å²) in [5, 5.41) is 10.4. The molecule has 102 valence electrons. The quantitative estimate of drug-likeness (QED) is 0.758. The van der Waals surface area contributed by atoms with Gasteiger partial charge in [-0.2, -0.15) is 0 Å². The topological polar surface area (TPSA) is 48.9 Å². The molecule has 3 aromatic rings. The van der Waals surface area contributed by atoms with Gasteiger partial charge in [0.25, 0.3) is 0 Å². The third-order valence-electron chi connectivity index (χ3n) is 3.59. The van der Waals surface area contributed by atoms with Gasteiger partial charge in [0.05, 0.1) is 11.0 Å². The van der Waals surface area contributed by atoms with Crippen LogP contribution in [0.1, 0.15) is 42.8 Å². The molecule has 20 heavy (non-hydrogen) atoms. The smallest absolute Gasteiger partial charge is 0.140 e. The SMILES string of the molecule is CC(C)c1ccc([C@H](O)c2nc3ccccc3[nH]2)cc1. The van der Waals surface area contributed by atoms with Crippen molar-refractivity contribution >= 4 is 11.0 Å². The lowest BCUT2D eigenvalue weighted by atomic mass is 10.00. The maximum Gasteiger partial charge on any atom is 0.140 e. The summed E-state index contributed by atoms with van der Waals surface area (Å²) in [5.74, 6) is 1.08. The van der Waals surface area contributed by atoms with Crippen molar-refractivity contribution in [3.05, 3.63) is 65.5 Å². The maximum atomic E-state index is 10.4. The van der Waals surface area contributed by atoms with Crippen molar-refractivity contribution in [2.24, 2.45) is 0 Å². The monoisotopic (exact) mass is 266 g/mol. The van der Waals surface area contributed by atoms with E-state index in [2.05, 4.69) is 35.9 Å². The van der Waals surface area contributed by atoms with E-state index in [0.29, 0.717) is 11.7 Å². The van der Waals surface area contributed by atoms with Crippen LogP contribution in [0.2, 0.25) is 0 Å². The van der Waals surface area contributed by atoms with Crippen LogP contribution in [0, 0.1) is 0 Å². The molecule has 1 atom stereocenters. The molecule has 1 aromatic heterocycles. The average molecular weight is 266 g/mol. The molecule has 1 heterocycles. The minimum atomic E-state index is -0.719. The van der Waals surface area contributed by atoms with Crippen molar-refractivity contribution in [1.29, 1.82) is 0 Å². The third-order valence-corrected chi connectivity index (χ3v) is 3.59. The van der Waals surface area contributed by atoms with Crippen LogP contribution in [-0.2, 0) is 0 Å². The van der Waals surface area contributed by atoms with Gasteiger partial charge in [-0.05, 0) is 29.2 Å². The van der Waals surface area contributed by atoms with Gasteiger partial charge in [0.1, 0.15) is 11.9 Å². The largest absolute Gasteiger partial charge is 0.380 e. The fourth-order valence-electron chi connectivity index (χ4n) is 2.32. The van der Waals surface area contributed by atoms with Crippen LogP contribution in [0.5, 0.6) is 0 Å². The van der Waals surface area contributed by atoms with E-state index in [1.165, 1.54) is 5.56 Å². The molecule has 0 saturated heterocycles. The highest BCUT2D eigenvalue weighted by molar-refractivity contribution is 5.74. The lowest BCUT2D eigenvalue weighted by Gasteiger charge is -2.10. The Hall–Kier alpha value is -2.13. The molecular formula is C17H18N2O.